The van der Waals surface area contributed by atoms with E-state index in [4.69, 9.17) is 19.3 Å². The SMILES string of the molecule is C=C(CO)C(=O)OCCOc1ccc(-c2ccc(OCCCC)cc2F)cc1. The summed E-state index contributed by atoms with van der Waals surface area (Å²) >= 11 is 0. The molecule has 0 spiro atoms. The molecule has 0 heterocycles. The maximum absolute atomic E-state index is 14.4. The highest BCUT2D eigenvalue weighted by Crippen LogP contribution is 2.28. The zero-order valence-corrected chi connectivity index (χ0v) is 15.9. The molecule has 0 unspecified atom stereocenters. The molecule has 0 amide bonds. The third kappa shape index (κ3) is 6.39. The van der Waals surface area contributed by atoms with Gasteiger partial charge in [0.15, 0.2) is 0 Å². The lowest BCUT2D eigenvalue weighted by Gasteiger charge is -2.10. The molecule has 0 aliphatic heterocycles. The summed E-state index contributed by atoms with van der Waals surface area (Å²) in [6, 6.07) is 11.8. The average molecular weight is 388 g/mol. The van der Waals surface area contributed by atoms with E-state index in [1.54, 1.807) is 36.4 Å². The van der Waals surface area contributed by atoms with Crippen LogP contribution in [0.5, 0.6) is 11.5 Å². The first-order valence-corrected chi connectivity index (χ1v) is 9.16. The molecular weight excluding hydrogens is 363 g/mol. The second-order valence-electron chi connectivity index (χ2n) is 6.11. The highest BCUT2D eigenvalue weighted by molar-refractivity contribution is 5.87. The topological polar surface area (TPSA) is 65.0 Å². The third-order valence-corrected chi connectivity index (χ3v) is 3.94. The molecule has 28 heavy (non-hydrogen) atoms. The summed E-state index contributed by atoms with van der Waals surface area (Å²) < 4.78 is 30.3. The zero-order valence-electron chi connectivity index (χ0n) is 15.9. The number of hydrogen-bond acceptors (Lipinski definition) is 5. The number of benzene rings is 2. The first kappa shape index (κ1) is 21.4. The molecule has 0 aliphatic rings. The van der Waals surface area contributed by atoms with E-state index in [1.165, 1.54) is 6.07 Å². The summed E-state index contributed by atoms with van der Waals surface area (Å²) in [5.41, 5.74) is 1.19. The Kier molecular flexibility index (Phi) is 8.49. The van der Waals surface area contributed by atoms with Gasteiger partial charge in [0, 0.05) is 11.6 Å². The molecule has 0 aromatic heterocycles. The second-order valence-corrected chi connectivity index (χ2v) is 6.11. The van der Waals surface area contributed by atoms with E-state index in [9.17, 15) is 9.18 Å². The van der Waals surface area contributed by atoms with Gasteiger partial charge in [-0.3, -0.25) is 0 Å². The molecule has 0 aliphatic carbocycles. The van der Waals surface area contributed by atoms with Crippen LogP contribution in [0.3, 0.4) is 0 Å². The van der Waals surface area contributed by atoms with Crippen LogP contribution in [0.15, 0.2) is 54.6 Å². The van der Waals surface area contributed by atoms with Crippen molar-refractivity contribution in [2.45, 2.75) is 19.8 Å². The number of esters is 1. The maximum Gasteiger partial charge on any atom is 0.335 e. The predicted octanol–water partition coefficient (Wildman–Crippen LogP) is 4.14. The van der Waals surface area contributed by atoms with Crippen LogP contribution in [0, 0.1) is 5.82 Å². The average Bonchev–Trinajstić information content (AvgIpc) is 2.71. The minimum Gasteiger partial charge on any atom is -0.493 e. The fourth-order valence-corrected chi connectivity index (χ4v) is 2.35. The lowest BCUT2D eigenvalue weighted by atomic mass is 10.0. The first-order chi connectivity index (χ1) is 13.5. The molecule has 0 radical (unpaired) electrons. The van der Waals surface area contributed by atoms with Gasteiger partial charge >= 0.3 is 5.97 Å². The van der Waals surface area contributed by atoms with Gasteiger partial charge in [0.2, 0.25) is 0 Å². The number of unbranched alkanes of at least 4 members (excludes halogenated alkanes) is 1. The summed E-state index contributed by atoms with van der Waals surface area (Å²) in [7, 11) is 0. The molecule has 2 aromatic carbocycles. The van der Waals surface area contributed by atoms with Crippen molar-refractivity contribution in [2.75, 3.05) is 26.4 Å². The van der Waals surface area contributed by atoms with Crippen molar-refractivity contribution in [3.05, 3.63) is 60.4 Å². The van der Waals surface area contributed by atoms with Gasteiger partial charge in [0.1, 0.15) is 30.5 Å². The number of carbonyl (C=O) groups is 1. The monoisotopic (exact) mass is 388 g/mol. The van der Waals surface area contributed by atoms with Gasteiger partial charge in [-0.25, -0.2) is 9.18 Å². The van der Waals surface area contributed by atoms with E-state index in [-0.39, 0.29) is 24.6 Å². The largest absolute Gasteiger partial charge is 0.493 e. The van der Waals surface area contributed by atoms with E-state index < -0.39 is 12.6 Å². The Bertz CT molecular complexity index is 786. The Balaban J connectivity index is 1.88. The van der Waals surface area contributed by atoms with Crippen LogP contribution in [-0.2, 0) is 9.53 Å². The van der Waals surface area contributed by atoms with Crippen molar-refractivity contribution in [1.29, 1.82) is 0 Å². The zero-order chi connectivity index (χ0) is 20.4. The Hall–Kier alpha value is -2.86. The quantitative estimate of drug-likeness (QED) is 0.356. The van der Waals surface area contributed by atoms with E-state index in [0.717, 1.165) is 18.4 Å². The predicted molar refractivity (Wildman–Crippen MR) is 105 cm³/mol. The second kappa shape index (κ2) is 11.1. The minimum atomic E-state index is -0.654. The Morgan fingerprint density at radius 1 is 1.04 bits per heavy atom. The van der Waals surface area contributed by atoms with E-state index in [1.807, 2.05) is 0 Å². The van der Waals surface area contributed by atoms with E-state index in [0.29, 0.717) is 23.7 Å². The fourth-order valence-electron chi connectivity index (χ4n) is 2.35. The summed E-state index contributed by atoms with van der Waals surface area (Å²) in [5.74, 6) is 0.0894. The van der Waals surface area contributed by atoms with Crippen molar-refractivity contribution in [3.63, 3.8) is 0 Å². The van der Waals surface area contributed by atoms with Gasteiger partial charge < -0.3 is 19.3 Å². The Labute approximate surface area is 164 Å². The molecule has 2 rings (SSSR count). The number of carbonyl (C=O) groups excluding carboxylic acids is 1. The minimum absolute atomic E-state index is 0.00633. The number of rotatable bonds is 11. The van der Waals surface area contributed by atoms with Gasteiger partial charge in [-0.1, -0.05) is 32.1 Å². The number of hydrogen-bond donors (Lipinski definition) is 1. The number of ether oxygens (including phenoxy) is 3. The van der Waals surface area contributed by atoms with E-state index in [2.05, 4.69) is 13.5 Å². The third-order valence-electron chi connectivity index (χ3n) is 3.94. The maximum atomic E-state index is 14.4. The molecule has 6 heteroatoms. The van der Waals surface area contributed by atoms with Gasteiger partial charge in [0.05, 0.1) is 18.8 Å². The van der Waals surface area contributed by atoms with Crippen molar-refractivity contribution in [3.8, 4) is 22.6 Å². The number of aliphatic hydroxyl groups is 1. The summed E-state index contributed by atoms with van der Waals surface area (Å²) in [5, 5.41) is 8.78. The molecule has 5 nitrogen and oxygen atoms in total. The van der Waals surface area contributed by atoms with Crippen molar-refractivity contribution < 1.29 is 28.5 Å². The summed E-state index contributed by atoms with van der Waals surface area (Å²) in [6.45, 7) is 5.77. The lowest BCUT2D eigenvalue weighted by molar-refractivity contribution is -0.140. The van der Waals surface area contributed by atoms with Crippen LogP contribution in [0.2, 0.25) is 0 Å². The summed E-state index contributed by atoms with van der Waals surface area (Å²) in [4.78, 5) is 11.3. The molecule has 0 saturated carbocycles. The number of aliphatic hydroxyl groups excluding tert-OH is 1. The van der Waals surface area contributed by atoms with Gasteiger partial charge in [-0.2, -0.15) is 0 Å². The Morgan fingerprint density at radius 3 is 2.36 bits per heavy atom. The highest BCUT2D eigenvalue weighted by atomic mass is 19.1. The standard InChI is InChI=1S/C22H25FO5/c1-3-4-11-26-19-9-10-20(21(23)14-19)17-5-7-18(8-6-17)27-12-13-28-22(25)16(2)15-24/h5-10,14,24H,2-4,11-13,15H2,1H3. The normalized spacial score (nSPS) is 10.4. The molecule has 1 N–H and O–H groups in total. The smallest absolute Gasteiger partial charge is 0.335 e. The molecule has 150 valence electrons. The molecular formula is C22H25FO5. The van der Waals surface area contributed by atoms with Gasteiger partial charge in [-0.15, -0.1) is 0 Å². The molecule has 0 bridgehead atoms. The summed E-state index contributed by atoms with van der Waals surface area (Å²) in [6.07, 6.45) is 1.95. The lowest BCUT2D eigenvalue weighted by Crippen LogP contribution is -2.14. The van der Waals surface area contributed by atoms with Crippen molar-refractivity contribution in [1.82, 2.24) is 0 Å². The van der Waals surface area contributed by atoms with Crippen LogP contribution in [-0.4, -0.2) is 37.5 Å². The van der Waals surface area contributed by atoms with Crippen LogP contribution >= 0.6 is 0 Å². The van der Waals surface area contributed by atoms with Crippen LogP contribution < -0.4 is 9.47 Å². The molecule has 0 atom stereocenters. The van der Waals surface area contributed by atoms with Crippen molar-refractivity contribution >= 4 is 5.97 Å². The molecule has 2 aromatic rings. The highest BCUT2D eigenvalue weighted by Gasteiger charge is 2.08. The molecule has 0 saturated heterocycles. The van der Waals surface area contributed by atoms with Gasteiger partial charge in [0.25, 0.3) is 0 Å². The van der Waals surface area contributed by atoms with E-state index >= 15 is 0 Å². The van der Waals surface area contributed by atoms with Crippen LogP contribution in [0.1, 0.15) is 19.8 Å². The Morgan fingerprint density at radius 2 is 1.71 bits per heavy atom. The fraction of sp³-hybridized carbons (Fsp3) is 0.318. The van der Waals surface area contributed by atoms with Gasteiger partial charge in [-0.05, 0) is 36.2 Å². The van der Waals surface area contributed by atoms with Crippen LogP contribution in [0.25, 0.3) is 11.1 Å². The van der Waals surface area contributed by atoms with Crippen LogP contribution in [0.4, 0.5) is 4.39 Å². The van der Waals surface area contributed by atoms with Crippen molar-refractivity contribution in [2.24, 2.45) is 0 Å². The number of halogens is 1. The molecule has 0 fully saturated rings. The first-order valence-electron chi connectivity index (χ1n) is 9.16.